The first-order chi connectivity index (χ1) is 8.22. The highest BCUT2D eigenvalue weighted by atomic mass is 35.5. The van der Waals surface area contributed by atoms with Gasteiger partial charge >= 0.3 is 0 Å². The molecule has 0 radical (unpaired) electrons. The van der Waals surface area contributed by atoms with Crippen molar-refractivity contribution in [3.63, 3.8) is 0 Å². The number of nitrogens with one attached hydrogen (secondary N) is 1. The molecule has 0 bridgehead atoms. The van der Waals surface area contributed by atoms with Gasteiger partial charge in [0.2, 0.25) is 5.95 Å². The lowest BCUT2D eigenvalue weighted by molar-refractivity contribution is 0.629. The molecule has 2 rings (SSSR count). The first-order valence-corrected chi connectivity index (χ1v) is 5.91. The van der Waals surface area contributed by atoms with E-state index in [1.54, 1.807) is 16.8 Å². The highest BCUT2D eigenvalue weighted by molar-refractivity contribution is 6.36. The minimum absolute atomic E-state index is 0.485. The lowest BCUT2D eigenvalue weighted by atomic mass is 10.2. The van der Waals surface area contributed by atoms with Crippen LogP contribution in [0.4, 0.5) is 5.95 Å². The summed E-state index contributed by atoms with van der Waals surface area (Å²) in [6.07, 6.45) is 0. The standard InChI is InChI=1S/C10H11Cl2N5/c1-2-17-10(14-15-16-17)13-6-7-8(11)4-3-5-9(7)12/h3-5H,2,6H2,1H3,(H,13,14,16). The van der Waals surface area contributed by atoms with Crippen LogP contribution in [0.3, 0.4) is 0 Å². The van der Waals surface area contributed by atoms with Crippen molar-refractivity contribution < 1.29 is 0 Å². The number of halogens is 2. The first kappa shape index (κ1) is 12.1. The number of tetrazole rings is 1. The Hall–Kier alpha value is -1.33. The maximum atomic E-state index is 6.06. The third-order valence-corrected chi connectivity index (χ3v) is 3.02. The second-order valence-electron chi connectivity index (χ2n) is 3.37. The maximum Gasteiger partial charge on any atom is 0.243 e. The van der Waals surface area contributed by atoms with E-state index in [0.29, 0.717) is 29.1 Å². The molecule has 0 aliphatic carbocycles. The Morgan fingerprint density at radius 2 is 2.00 bits per heavy atom. The molecule has 1 aromatic carbocycles. The number of benzene rings is 1. The van der Waals surface area contributed by atoms with Crippen LogP contribution in [-0.4, -0.2) is 20.2 Å². The number of aryl methyl sites for hydroxylation is 1. The lowest BCUT2D eigenvalue weighted by Gasteiger charge is -2.08. The maximum absolute atomic E-state index is 6.06. The van der Waals surface area contributed by atoms with Crippen LogP contribution in [0.15, 0.2) is 18.2 Å². The van der Waals surface area contributed by atoms with Gasteiger partial charge in [-0.25, -0.2) is 4.68 Å². The Bertz CT molecular complexity index is 491. The monoisotopic (exact) mass is 271 g/mol. The second kappa shape index (κ2) is 5.33. The van der Waals surface area contributed by atoms with Gasteiger partial charge in [-0.2, -0.15) is 0 Å². The number of hydrogen-bond donors (Lipinski definition) is 1. The molecule has 0 aliphatic heterocycles. The number of hydrogen-bond acceptors (Lipinski definition) is 4. The van der Waals surface area contributed by atoms with E-state index in [-0.39, 0.29) is 0 Å². The molecule has 1 N–H and O–H groups in total. The molecule has 0 unspecified atom stereocenters. The van der Waals surface area contributed by atoms with Crippen LogP contribution >= 0.6 is 23.2 Å². The van der Waals surface area contributed by atoms with Gasteiger partial charge in [-0.1, -0.05) is 34.4 Å². The van der Waals surface area contributed by atoms with Crippen molar-refractivity contribution >= 4 is 29.2 Å². The zero-order chi connectivity index (χ0) is 12.3. The molecule has 0 saturated heterocycles. The van der Waals surface area contributed by atoms with E-state index in [0.717, 1.165) is 5.56 Å². The smallest absolute Gasteiger partial charge is 0.243 e. The highest BCUT2D eigenvalue weighted by Crippen LogP contribution is 2.24. The summed E-state index contributed by atoms with van der Waals surface area (Å²) in [6.45, 7) is 3.15. The fourth-order valence-corrected chi connectivity index (χ4v) is 1.94. The molecule has 1 heterocycles. The summed E-state index contributed by atoms with van der Waals surface area (Å²) in [5, 5.41) is 15.6. The molecule has 90 valence electrons. The Balaban J connectivity index is 2.13. The average Bonchev–Trinajstić information content (AvgIpc) is 2.76. The predicted octanol–water partition coefficient (Wildman–Crippen LogP) is 2.61. The van der Waals surface area contributed by atoms with E-state index in [4.69, 9.17) is 23.2 Å². The van der Waals surface area contributed by atoms with Crippen LogP contribution in [0, 0.1) is 0 Å². The Morgan fingerprint density at radius 3 is 2.65 bits per heavy atom. The van der Waals surface area contributed by atoms with Gasteiger partial charge in [-0.15, -0.1) is 0 Å². The fraction of sp³-hybridized carbons (Fsp3) is 0.300. The van der Waals surface area contributed by atoms with Gasteiger partial charge in [0, 0.05) is 28.7 Å². The first-order valence-electron chi connectivity index (χ1n) is 5.15. The topological polar surface area (TPSA) is 55.6 Å². The minimum atomic E-state index is 0.485. The molecule has 0 saturated carbocycles. The second-order valence-corrected chi connectivity index (χ2v) is 4.19. The molecule has 0 fully saturated rings. The van der Waals surface area contributed by atoms with Gasteiger partial charge in [0.05, 0.1) is 0 Å². The molecule has 0 spiro atoms. The van der Waals surface area contributed by atoms with Gasteiger partial charge < -0.3 is 5.32 Å². The molecular weight excluding hydrogens is 261 g/mol. The van der Waals surface area contributed by atoms with E-state index < -0.39 is 0 Å². The van der Waals surface area contributed by atoms with Gasteiger partial charge in [-0.05, 0) is 29.5 Å². The number of rotatable bonds is 4. The van der Waals surface area contributed by atoms with E-state index in [9.17, 15) is 0 Å². The largest absolute Gasteiger partial charge is 0.349 e. The molecule has 7 heteroatoms. The summed E-state index contributed by atoms with van der Waals surface area (Å²) < 4.78 is 1.66. The number of nitrogens with zero attached hydrogens (tertiary/aromatic N) is 4. The van der Waals surface area contributed by atoms with Crippen molar-refractivity contribution in [3.05, 3.63) is 33.8 Å². The number of aromatic nitrogens is 4. The summed E-state index contributed by atoms with van der Waals surface area (Å²) in [7, 11) is 0. The van der Waals surface area contributed by atoms with Crippen LogP contribution < -0.4 is 5.32 Å². The van der Waals surface area contributed by atoms with E-state index in [1.807, 2.05) is 13.0 Å². The molecular formula is C10H11Cl2N5. The van der Waals surface area contributed by atoms with Gasteiger partial charge in [0.15, 0.2) is 0 Å². The van der Waals surface area contributed by atoms with Crippen molar-refractivity contribution in [2.45, 2.75) is 20.0 Å². The van der Waals surface area contributed by atoms with Crippen LogP contribution in [0.5, 0.6) is 0 Å². The normalized spacial score (nSPS) is 10.5. The Kier molecular flexibility index (Phi) is 3.81. The van der Waals surface area contributed by atoms with Gasteiger partial charge in [-0.3, -0.25) is 0 Å². The van der Waals surface area contributed by atoms with Crippen LogP contribution in [0.2, 0.25) is 10.0 Å². The lowest BCUT2D eigenvalue weighted by Crippen LogP contribution is -2.08. The molecule has 5 nitrogen and oxygen atoms in total. The quantitative estimate of drug-likeness (QED) is 0.929. The zero-order valence-corrected chi connectivity index (χ0v) is 10.7. The van der Waals surface area contributed by atoms with Crippen molar-refractivity contribution in [3.8, 4) is 0 Å². The van der Waals surface area contributed by atoms with E-state index in [1.165, 1.54) is 0 Å². The summed E-state index contributed by atoms with van der Waals surface area (Å²) in [4.78, 5) is 0. The van der Waals surface area contributed by atoms with E-state index in [2.05, 4.69) is 20.8 Å². The minimum Gasteiger partial charge on any atom is -0.349 e. The highest BCUT2D eigenvalue weighted by Gasteiger charge is 2.08. The van der Waals surface area contributed by atoms with Gasteiger partial charge in [0.1, 0.15) is 0 Å². The summed E-state index contributed by atoms with van der Waals surface area (Å²) in [6, 6.07) is 5.41. The van der Waals surface area contributed by atoms with Crippen molar-refractivity contribution in [1.29, 1.82) is 0 Å². The van der Waals surface area contributed by atoms with Crippen molar-refractivity contribution in [2.75, 3.05) is 5.32 Å². The molecule has 0 aliphatic rings. The average molecular weight is 272 g/mol. The van der Waals surface area contributed by atoms with E-state index >= 15 is 0 Å². The van der Waals surface area contributed by atoms with Crippen LogP contribution in [0.1, 0.15) is 12.5 Å². The fourth-order valence-electron chi connectivity index (χ4n) is 1.41. The molecule has 0 amide bonds. The molecule has 17 heavy (non-hydrogen) atoms. The number of anilines is 1. The predicted molar refractivity (Wildman–Crippen MR) is 67.3 cm³/mol. The Labute approximate surface area is 109 Å². The Morgan fingerprint density at radius 1 is 1.29 bits per heavy atom. The van der Waals surface area contributed by atoms with Gasteiger partial charge in [0.25, 0.3) is 0 Å². The SMILES string of the molecule is CCn1nnnc1NCc1c(Cl)cccc1Cl. The summed E-state index contributed by atoms with van der Waals surface area (Å²) >= 11 is 12.1. The van der Waals surface area contributed by atoms with Crippen LogP contribution in [0.25, 0.3) is 0 Å². The van der Waals surface area contributed by atoms with Crippen molar-refractivity contribution in [1.82, 2.24) is 20.2 Å². The third-order valence-electron chi connectivity index (χ3n) is 2.32. The summed E-state index contributed by atoms with van der Waals surface area (Å²) in [5.41, 5.74) is 0.835. The molecule has 2 aromatic rings. The third kappa shape index (κ3) is 2.68. The molecule has 1 aromatic heterocycles. The summed E-state index contributed by atoms with van der Waals surface area (Å²) in [5.74, 6) is 0.600. The van der Waals surface area contributed by atoms with Crippen LogP contribution in [-0.2, 0) is 13.1 Å². The molecule has 0 atom stereocenters. The van der Waals surface area contributed by atoms with Crippen molar-refractivity contribution in [2.24, 2.45) is 0 Å². The zero-order valence-electron chi connectivity index (χ0n) is 9.19.